The second-order valence-corrected chi connectivity index (χ2v) is 10.5. The smallest absolute Gasteiger partial charge is 0.263 e. The Morgan fingerprint density at radius 3 is 2.49 bits per heavy atom. The van der Waals surface area contributed by atoms with Crippen LogP contribution in [0.4, 0.5) is 17.5 Å². The lowest BCUT2D eigenvalue weighted by molar-refractivity contribution is 0.101. The topological polar surface area (TPSA) is 108 Å². The molecule has 3 aliphatic rings. The van der Waals surface area contributed by atoms with Gasteiger partial charge in [-0.05, 0) is 44.4 Å². The predicted octanol–water partition coefficient (Wildman–Crippen LogP) is 2.65. The normalized spacial score (nSPS) is 19.4. The molecule has 0 atom stereocenters. The maximum atomic E-state index is 13.4. The van der Waals surface area contributed by atoms with Crippen LogP contribution in [0.1, 0.15) is 54.6 Å². The summed E-state index contributed by atoms with van der Waals surface area (Å²) in [6.45, 7) is 9.70. The van der Waals surface area contributed by atoms with Gasteiger partial charge in [0.2, 0.25) is 5.95 Å². The van der Waals surface area contributed by atoms with Crippen molar-refractivity contribution in [1.29, 1.82) is 0 Å². The minimum atomic E-state index is -0.245. The van der Waals surface area contributed by atoms with E-state index < -0.39 is 0 Å². The Morgan fingerprint density at radius 2 is 1.81 bits per heavy atom. The number of anilines is 3. The van der Waals surface area contributed by atoms with Gasteiger partial charge < -0.3 is 15.5 Å². The van der Waals surface area contributed by atoms with Crippen molar-refractivity contribution in [2.75, 3.05) is 49.5 Å². The van der Waals surface area contributed by atoms with Gasteiger partial charge in [-0.15, -0.1) is 0 Å². The number of ketones is 1. The van der Waals surface area contributed by atoms with Gasteiger partial charge in [-0.25, -0.2) is 9.97 Å². The Labute approximate surface area is 216 Å². The molecule has 10 heteroatoms. The fourth-order valence-corrected chi connectivity index (χ4v) is 6.01. The molecule has 0 radical (unpaired) electrons. The molecule has 0 amide bonds. The lowest BCUT2D eigenvalue weighted by Gasteiger charge is -2.47. The van der Waals surface area contributed by atoms with Crippen LogP contribution in [0, 0.1) is 6.92 Å². The van der Waals surface area contributed by atoms with Gasteiger partial charge in [-0.3, -0.25) is 19.1 Å². The van der Waals surface area contributed by atoms with Gasteiger partial charge in [0.15, 0.2) is 5.78 Å². The van der Waals surface area contributed by atoms with E-state index in [0.29, 0.717) is 29.0 Å². The highest BCUT2D eigenvalue weighted by Gasteiger charge is 2.32. The first-order valence-electron chi connectivity index (χ1n) is 13.3. The van der Waals surface area contributed by atoms with Gasteiger partial charge in [-0.1, -0.05) is 12.8 Å². The second kappa shape index (κ2) is 9.83. The summed E-state index contributed by atoms with van der Waals surface area (Å²) in [6, 6.07) is 4.68. The minimum absolute atomic E-state index is 0.0513. The lowest BCUT2D eigenvalue weighted by Crippen LogP contribution is -2.62. The Hall–Kier alpha value is -3.37. The van der Waals surface area contributed by atoms with E-state index in [-0.39, 0.29) is 22.9 Å². The molecule has 10 nitrogen and oxygen atoms in total. The van der Waals surface area contributed by atoms with Crippen LogP contribution in [0.5, 0.6) is 0 Å². The Kier molecular flexibility index (Phi) is 6.37. The van der Waals surface area contributed by atoms with Crippen molar-refractivity contribution in [3.05, 3.63) is 46.0 Å². The largest absolute Gasteiger partial charge is 0.367 e. The minimum Gasteiger partial charge on any atom is -0.367 e. The summed E-state index contributed by atoms with van der Waals surface area (Å²) in [5.41, 5.74) is 2.33. The fraction of sp³-hybridized carbons (Fsp3) is 0.519. The first kappa shape index (κ1) is 24.0. The van der Waals surface area contributed by atoms with Crippen molar-refractivity contribution < 1.29 is 4.79 Å². The van der Waals surface area contributed by atoms with Crippen LogP contribution in [0.3, 0.4) is 0 Å². The van der Waals surface area contributed by atoms with E-state index in [2.05, 4.69) is 36.5 Å². The summed E-state index contributed by atoms with van der Waals surface area (Å²) >= 11 is 0. The summed E-state index contributed by atoms with van der Waals surface area (Å²) in [5.74, 6) is 0.815. The third-order valence-corrected chi connectivity index (χ3v) is 8.13. The average Bonchev–Trinajstić information content (AvgIpc) is 3.39. The highest BCUT2D eigenvalue weighted by molar-refractivity contribution is 5.99. The molecule has 0 bridgehead atoms. The van der Waals surface area contributed by atoms with Crippen molar-refractivity contribution in [3.8, 4) is 0 Å². The monoisotopic (exact) mass is 502 g/mol. The zero-order valence-corrected chi connectivity index (χ0v) is 21.5. The molecule has 37 heavy (non-hydrogen) atoms. The van der Waals surface area contributed by atoms with E-state index in [0.717, 1.165) is 76.0 Å². The summed E-state index contributed by atoms with van der Waals surface area (Å²) in [4.78, 5) is 44.5. The summed E-state index contributed by atoms with van der Waals surface area (Å²) in [6.07, 6.45) is 7.56. The number of fused-ring (bicyclic) bond motifs is 1. The zero-order valence-electron chi connectivity index (χ0n) is 21.5. The van der Waals surface area contributed by atoms with Gasteiger partial charge in [0.1, 0.15) is 11.5 Å². The molecule has 1 aliphatic carbocycles. The summed E-state index contributed by atoms with van der Waals surface area (Å²) in [7, 11) is 0. The zero-order chi connectivity index (χ0) is 25.5. The SMILES string of the molecule is CC(=O)c1c(C)c2cnc(Nc3ccc(N4CC(N5CCNCC5)C4)cn3)nc2n(C2CCCC2)c1=O. The molecule has 1 saturated carbocycles. The van der Waals surface area contributed by atoms with Crippen molar-refractivity contribution in [2.45, 2.75) is 51.6 Å². The van der Waals surface area contributed by atoms with E-state index in [4.69, 9.17) is 4.98 Å². The molecule has 0 unspecified atom stereocenters. The second-order valence-electron chi connectivity index (χ2n) is 10.5. The fourth-order valence-electron chi connectivity index (χ4n) is 6.01. The Bertz CT molecular complexity index is 1370. The molecule has 0 aromatic carbocycles. The van der Waals surface area contributed by atoms with E-state index in [1.54, 1.807) is 17.7 Å². The number of hydrogen-bond acceptors (Lipinski definition) is 9. The molecule has 2 saturated heterocycles. The van der Waals surface area contributed by atoms with Crippen LogP contribution in [0.2, 0.25) is 0 Å². The van der Waals surface area contributed by atoms with E-state index in [9.17, 15) is 9.59 Å². The molecule has 2 N–H and O–H groups in total. The van der Waals surface area contributed by atoms with Crippen LogP contribution in [0.15, 0.2) is 29.3 Å². The third-order valence-electron chi connectivity index (χ3n) is 8.13. The number of rotatable bonds is 6. The number of aromatic nitrogens is 4. The first-order chi connectivity index (χ1) is 18.0. The first-order valence-corrected chi connectivity index (χ1v) is 13.3. The van der Waals surface area contributed by atoms with Crippen molar-refractivity contribution in [3.63, 3.8) is 0 Å². The summed E-state index contributed by atoms with van der Waals surface area (Å²) in [5, 5.41) is 7.35. The highest BCUT2D eigenvalue weighted by Crippen LogP contribution is 2.32. The van der Waals surface area contributed by atoms with Crippen LogP contribution in [0.25, 0.3) is 11.0 Å². The molecule has 0 spiro atoms. The van der Waals surface area contributed by atoms with Gasteiger partial charge >= 0.3 is 0 Å². The van der Waals surface area contributed by atoms with Crippen molar-refractivity contribution in [1.82, 2.24) is 29.7 Å². The van der Waals surface area contributed by atoms with Crippen molar-refractivity contribution in [2.24, 2.45) is 0 Å². The molecular formula is C27H34N8O2. The number of aryl methyl sites for hydroxylation is 1. The van der Waals surface area contributed by atoms with Gasteiger partial charge in [0.25, 0.3) is 5.56 Å². The number of carbonyl (C=O) groups is 1. The van der Waals surface area contributed by atoms with Crippen molar-refractivity contribution >= 4 is 34.3 Å². The highest BCUT2D eigenvalue weighted by atomic mass is 16.1. The van der Waals surface area contributed by atoms with Gasteiger partial charge in [-0.2, -0.15) is 4.98 Å². The number of carbonyl (C=O) groups excluding carboxylic acids is 1. The number of piperazine rings is 1. The number of pyridine rings is 2. The van der Waals surface area contributed by atoms with Gasteiger partial charge in [0.05, 0.1) is 17.4 Å². The number of hydrogen-bond donors (Lipinski definition) is 2. The van der Waals surface area contributed by atoms with Crippen LogP contribution < -0.4 is 21.1 Å². The Morgan fingerprint density at radius 1 is 1.05 bits per heavy atom. The molecule has 2 aliphatic heterocycles. The predicted molar refractivity (Wildman–Crippen MR) is 144 cm³/mol. The Balaban J connectivity index is 1.23. The van der Waals surface area contributed by atoms with Crippen LogP contribution in [-0.2, 0) is 0 Å². The standard InChI is InChI=1S/C27H34N8O2/c1-17-22-14-30-27(32-25(22)35(19-5-3-4-6-19)26(37)24(17)18(2)36)31-23-8-7-20(13-29-23)34-15-21(16-34)33-11-9-28-10-12-33/h7-8,13-14,19,21,28H,3-6,9-12,15-16H2,1-2H3,(H,29,30,31,32). The molecule has 5 heterocycles. The van der Waals surface area contributed by atoms with Crippen LogP contribution >= 0.6 is 0 Å². The molecule has 6 rings (SSSR count). The number of nitrogens with zero attached hydrogens (tertiary/aromatic N) is 6. The van der Waals surface area contributed by atoms with E-state index in [1.807, 2.05) is 12.3 Å². The maximum Gasteiger partial charge on any atom is 0.263 e. The quantitative estimate of drug-likeness (QED) is 0.492. The molecule has 3 aromatic heterocycles. The summed E-state index contributed by atoms with van der Waals surface area (Å²) < 4.78 is 1.73. The lowest BCUT2D eigenvalue weighted by atomic mass is 10.0. The number of nitrogens with one attached hydrogen (secondary N) is 2. The maximum absolute atomic E-state index is 13.4. The molecule has 3 fully saturated rings. The van der Waals surface area contributed by atoms with Gasteiger partial charge in [0, 0.05) is 62.9 Å². The van der Waals surface area contributed by atoms with E-state index >= 15 is 0 Å². The molecule has 194 valence electrons. The molecule has 3 aromatic rings. The number of Topliss-reactive ketones (excluding diaryl/α,β-unsaturated/α-hetero) is 1. The van der Waals surface area contributed by atoms with E-state index in [1.165, 1.54) is 6.92 Å². The average molecular weight is 503 g/mol. The molecular weight excluding hydrogens is 468 g/mol. The van der Waals surface area contributed by atoms with Crippen LogP contribution in [-0.4, -0.2) is 75.5 Å². The third kappa shape index (κ3) is 4.48.